The van der Waals surface area contributed by atoms with Gasteiger partial charge in [0.15, 0.2) is 0 Å². The molecule has 0 heterocycles. The molecule has 4 heteroatoms. The first-order valence-corrected chi connectivity index (χ1v) is 5.81. The van der Waals surface area contributed by atoms with Gasteiger partial charge < -0.3 is 20.3 Å². The summed E-state index contributed by atoms with van der Waals surface area (Å²) in [5.41, 5.74) is 0.827. The van der Waals surface area contributed by atoms with Crippen LogP contribution >= 0.6 is 0 Å². The molecular weight excluding hydrogens is 218 g/mol. The summed E-state index contributed by atoms with van der Waals surface area (Å²) in [7, 11) is 1.60. The summed E-state index contributed by atoms with van der Waals surface area (Å²) in [5, 5.41) is 21.9. The molecular formula is C13H21NO3. The van der Waals surface area contributed by atoms with Crippen molar-refractivity contribution in [2.75, 3.05) is 26.8 Å². The molecule has 0 radical (unpaired) electrons. The molecule has 1 aromatic carbocycles. The van der Waals surface area contributed by atoms with Crippen LogP contribution in [0.3, 0.4) is 0 Å². The Kier molecular flexibility index (Phi) is 5.97. The molecule has 0 aromatic heterocycles. The third-order valence-electron chi connectivity index (χ3n) is 2.62. The van der Waals surface area contributed by atoms with E-state index in [0.29, 0.717) is 13.1 Å². The second kappa shape index (κ2) is 7.27. The Bertz CT molecular complexity index is 330. The molecule has 2 atom stereocenters. The monoisotopic (exact) mass is 239 g/mol. The number of nitrogens with one attached hydrogen (secondary N) is 1. The van der Waals surface area contributed by atoms with Gasteiger partial charge in [-0.3, -0.25) is 0 Å². The molecule has 0 bridgehead atoms. The highest BCUT2D eigenvalue weighted by atomic mass is 16.5. The second-order valence-electron chi connectivity index (χ2n) is 4.24. The SMILES string of the molecule is COc1cccc(C(O)CNCC(C)CO)c1. The van der Waals surface area contributed by atoms with E-state index >= 15 is 0 Å². The molecule has 0 amide bonds. The summed E-state index contributed by atoms with van der Waals surface area (Å²) in [4.78, 5) is 0. The van der Waals surface area contributed by atoms with Crippen molar-refractivity contribution in [1.82, 2.24) is 5.32 Å². The molecule has 0 aliphatic heterocycles. The summed E-state index contributed by atoms with van der Waals surface area (Å²) < 4.78 is 5.10. The van der Waals surface area contributed by atoms with E-state index in [2.05, 4.69) is 5.32 Å². The van der Waals surface area contributed by atoms with Crippen LogP contribution in [-0.4, -0.2) is 37.0 Å². The molecule has 1 aromatic rings. The largest absolute Gasteiger partial charge is 0.497 e. The lowest BCUT2D eigenvalue weighted by molar-refractivity contribution is 0.167. The minimum atomic E-state index is -0.559. The Morgan fingerprint density at radius 3 is 2.76 bits per heavy atom. The van der Waals surface area contributed by atoms with E-state index in [0.717, 1.165) is 11.3 Å². The van der Waals surface area contributed by atoms with E-state index in [9.17, 15) is 5.11 Å². The van der Waals surface area contributed by atoms with Gasteiger partial charge in [0.1, 0.15) is 5.75 Å². The molecule has 17 heavy (non-hydrogen) atoms. The van der Waals surface area contributed by atoms with Crippen LogP contribution in [-0.2, 0) is 0 Å². The first-order chi connectivity index (χ1) is 8.17. The van der Waals surface area contributed by atoms with Crippen molar-refractivity contribution in [3.63, 3.8) is 0 Å². The maximum absolute atomic E-state index is 9.95. The molecule has 0 aliphatic carbocycles. The van der Waals surface area contributed by atoms with E-state index in [-0.39, 0.29) is 12.5 Å². The zero-order valence-electron chi connectivity index (χ0n) is 10.4. The van der Waals surface area contributed by atoms with Gasteiger partial charge in [-0.25, -0.2) is 0 Å². The fourth-order valence-corrected chi connectivity index (χ4v) is 1.50. The van der Waals surface area contributed by atoms with Crippen molar-refractivity contribution < 1.29 is 14.9 Å². The minimum absolute atomic E-state index is 0.155. The van der Waals surface area contributed by atoms with Crippen molar-refractivity contribution in [1.29, 1.82) is 0 Å². The average molecular weight is 239 g/mol. The highest BCUT2D eigenvalue weighted by molar-refractivity contribution is 5.29. The molecule has 1 rings (SSSR count). The third-order valence-corrected chi connectivity index (χ3v) is 2.62. The van der Waals surface area contributed by atoms with Crippen LogP contribution in [0.1, 0.15) is 18.6 Å². The Balaban J connectivity index is 2.43. The van der Waals surface area contributed by atoms with Crippen LogP contribution in [0.2, 0.25) is 0 Å². The second-order valence-corrected chi connectivity index (χ2v) is 4.24. The predicted octanol–water partition coefficient (Wildman–Crippen LogP) is 0.947. The van der Waals surface area contributed by atoms with Gasteiger partial charge in [0.05, 0.1) is 13.2 Å². The molecule has 0 saturated heterocycles. The Labute approximate surface area is 102 Å². The first kappa shape index (κ1) is 14.0. The van der Waals surface area contributed by atoms with Gasteiger partial charge in [-0.05, 0) is 30.2 Å². The Morgan fingerprint density at radius 1 is 1.35 bits per heavy atom. The lowest BCUT2D eigenvalue weighted by Crippen LogP contribution is -2.27. The van der Waals surface area contributed by atoms with Crippen LogP contribution in [0.15, 0.2) is 24.3 Å². The highest BCUT2D eigenvalue weighted by Crippen LogP contribution is 2.18. The molecule has 96 valence electrons. The number of benzene rings is 1. The number of ether oxygens (including phenoxy) is 1. The van der Waals surface area contributed by atoms with Gasteiger partial charge >= 0.3 is 0 Å². The number of hydrogen-bond acceptors (Lipinski definition) is 4. The maximum atomic E-state index is 9.95. The lowest BCUT2D eigenvalue weighted by Gasteiger charge is -2.15. The van der Waals surface area contributed by atoms with Crippen LogP contribution in [0.25, 0.3) is 0 Å². The fourth-order valence-electron chi connectivity index (χ4n) is 1.50. The molecule has 4 nitrogen and oxygen atoms in total. The standard InChI is InChI=1S/C13H21NO3/c1-10(9-15)7-14-8-13(16)11-4-3-5-12(6-11)17-2/h3-6,10,13-16H,7-9H2,1-2H3. The van der Waals surface area contributed by atoms with Gasteiger partial charge in [0.2, 0.25) is 0 Å². The van der Waals surface area contributed by atoms with Crippen LogP contribution in [0.5, 0.6) is 5.75 Å². The van der Waals surface area contributed by atoms with E-state index in [1.807, 2.05) is 31.2 Å². The van der Waals surface area contributed by atoms with Crippen molar-refractivity contribution in [3.8, 4) is 5.75 Å². The normalized spacial score (nSPS) is 14.4. The molecule has 0 aliphatic rings. The quantitative estimate of drug-likeness (QED) is 0.663. The highest BCUT2D eigenvalue weighted by Gasteiger charge is 2.08. The summed E-state index contributed by atoms with van der Waals surface area (Å²) in [6.45, 7) is 3.27. The van der Waals surface area contributed by atoms with Crippen LogP contribution in [0.4, 0.5) is 0 Å². The summed E-state index contributed by atoms with van der Waals surface area (Å²) in [5.74, 6) is 0.942. The van der Waals surface area contributed by atoms with E-state index < -0.39 is 6.10 Å². The average Bonchev–Trinajstić information content (AvgIpc) is 2.38. The first-order valence-electron chi connectivity index (χ1n) is 5.81. The Hall–Kier alpha value is -1.10. The van der Waals surface area contributed by atoms with Gasteiger partial charge in [-0.1, -0.05) is 19.1 Å². The van der Waals surface area contributed by atoms with Gasteiger partial charge in [-0.15, -0.1) is 0 Å². The predicted molar refractivity (Wildman–Crippen MR) is 67.1 cm³/mol. The van der Waals surface area contributed by atoms with Crippen molar-refractivity contribution >= 4 is 0 Å². The number of aliphatic hydroxyl groups is 2. The van der Waals surface area contributed by atoms with Crippen molar-refractivity contribution in [3.05, 3.63) is 29.8 Å². The van der Waals surface area contributed by atoms with Crippen LogP contribution in [0, 0.1) is 5.92 Å². The van der Waals surface area contributed by atoms with Crippen molar-refractivity contribution in [2.45, 2.75) is 13.0 Å². The molecule has 2 unspecified atom stereocenters. The molecule has 0 spiro atoms. The van der Waals surface area contributed by atoms with E-state index in [1.165, 1.54) is 0 Å². The molecule has 0 saturated carbocycles. The topological polar surface area (TPSA) is 61.7 Å². The van der Waals surface area contributed by atoms with E-state index in [4.69, 9.17) is 9.84 Å². The summed E-state index contributed by atoms with van der Waals surface area (Å²) >= 11 is 0. The summed E-state index contributed by atoms with van der Waals surface area (Å²) in [6, 6.07) is 7.39. The Morgan fingerprint density at radius 2 is 2.12 bits per heavy atom. The summed E-state index contributed by atoms with van der Waals surface area (Å²) in [6.07, 6.45) is -0.559. The number of hydrogen-bond donors (Lipinski definition) is 3. The van der Waals surface area contributed by atoms with Gasteiger partial charge in [0, 0.05) is 13.2 Å². The molecule has 0 fully saturated rings. The smallest absolute Gasteiger partial charge is 0.119 e. The van der Waals surface area contributed by atoms with E-state index in [1.54, 1.807) is 7.11 Å². The van der Waals surface area contributed by atoms with Gasteiger partial charge in [-0.2, -0.15) is 0 Å². The number of methoxy groups -OCH3 is 1. The molecule has 3 N–H and O–H groups in total. The number of aliphatic hydroxyl groups excluding tert-OH is 2. The van der Waals surface area contributed by atoms with Crippen molar-refractivity contribution in [2.24, 2.45) is 5.92 Å². The van der Waals surface area contributed by atoms with Gasteiger partial charge in [0.25, 0.3) is 0 Å². The van der Waals surface area contributed by atoms with Crippen LogP contribution < -0.4 is 10.1 Å². The third kappa shape index (κ3) is 4.73. The minimum Gasteiger partial charge on any atom is -0.497 e. The maximum Gasteiger partial charge on any atom is 0.119 e. The lowest BCUT2D eigenvalue weighted by atomic mass is 10.1. The zero-order valence-corrected chi connectivity index (χ0v) is 10.4. The fraction of sp³-hybridized carbons (Fsp3) is 0.538. The number of rotatable bonds is 7. The zero-order chi connectivity index (χ0) is 12.7.